The molecule has 0 saturated carbocycles. The predicted molar refractivity (Wildman–Crippen MR) is 110 cm³/mol. The maximum absolute atomic E-state index is 13.2. The highest BCUT2D eigenvalue weighted by atomic mass is 16.5. The normalized spacial score (nSPS) is 19.4. The van der Waals surface area contributed by atoms with Crippen LogP contribution in [-0.4, -0.2) is 63.0 Å². The second kappa shape index (κ2) is 8.22. The average Bonchev–Trinajstić information content (AvgIpc) is 3.17. The van der Waals surface area contributed by atoms with Gasteiger partial charge in [-0.3, -0.25) is 19.5 Å². The van der Waals surface area contributed by atoms with E-state index in [2.05, 4.69) is 5.10 Å². The van der Waals surface area contributed by atoms with Crippen molar-refractivity contribution in [3.05, 3.63) is 33.4 Å². The minimum Gasteiger partial charge on any atom is -0.375 e. The molecule has 1 fully saturated rings. The number of fused-ring (bicyclic) bond motifs is 2. The molecule has 30 heavy (non-hydrogen) atoms. The van der Waals surface area contributed by atoms with E-state index in [1.807, 2.05) is 24.8 Å². The van der Waals surface area contributed by atoms with E-state index in [4.69, 9.17) is 9.72 Å². The Labute approximate surface area is 175 Å². The number of aromatic nitrogens is 3. The summed E-state index contributed by atoms with van der Waals surface area (Å²) in [5, 5.41) is 3.18. The van der Waals surface area contributed by atoms with Gasteiger partial charge < -0.3 is 14.5 Å². The number of H-pyrrole nitrogens is 1. The van der Waals surface area contributed by atoms with Gasteiger partial charge in [0.1, 0.15) is 6.61 Å². The fourth-order valence-electron chi connectivity index (χ4n) is 4.48. The molecule has 162 valence electrons. The number of piperidine rings is 1. The van der Waals surface area contributed by atoms with E-state index in [0.29, 0.717) is 30.7 Å². The Hall–Kier alpha value is -2.68. The van der Waals surface area contributed by atoms with Crippen molar-refractivity contribution >= 4 is 17.5 Å². The fraction of sp³-hybridized carbons (Fsp3) is 0.619. The van der Waals surface area contributed by atoms with Crippen molar-refractivity contribution in [2.45, 2.75) is 52.1 Å². The second-order valence-corrected chi connectivity index (χ2v) is 8.44. The zero-order valence-electron chi connectivity index (χ0n) is 17.8. The first-order chi connectivity index (χ1) is 14.4. The minimum atomic E-state index is -0.173. The summed E-state index contributed by atoms with van der Waals surface area (Å²) >= 11 is 0. The van der Waals surface area contributed by atoms with Crippen LogP contribution in [0.15, 0.2) is 10.9 Å². The Morgan fingerprint density at radius 2 is 2.10 bits per heavy atom. The molecular formula is C21H29N5O4. The molecule has 2 aliphatic heterocycles. The molecule has 4 heterocycles. The van der Waals surface area contributed by atoms with E-state index >= 15 is 0 Å². The lowest BCUT2D eigenvalue weighted by Crippen LogP contribution is -2.42. The molecule has 2 aromatic heterocycles. The van der Waals surface area contributed by atoms with Crippen LogP contribution >= 0.6 is 0 Å². The van der Waals surface area contributed by atoms with Gasteiger partial charge in [-0.2, -0.15) is 0 Å². The number of amides is 2. The monoisotopic (exact) mass is 415 g/mol. The number of nitrogens with zero attached hydrogens (tertiary/aromatic N) is 4. The van der Waals surface area contributed by atoms with E-state index in [-0.39, 0.29) is 42.5 Å². The summed E-state index contributed by atoms with van der Waals surface area (Å²) < 4.78 is 6.48. The number of carbonyl (C=O) groups is 2. The number of hydrogen-bond acceptors (Lipinski definition) is 5. The van der Waals surface area contributed by atoms with Crippen LogP contribution in [0.1, 0.15) is 56.1 Å². The molecule has 2 amide bonds. The molecule has 0 aromatic carbocycles. The molecule has 0 aliphatic carbocycles. The van der Waals surface area contributed by atoms with Crippen molar-refractivity contribution in [2.24, 2.45) is 5.92 Å². The van der Waals surface area contributed by atoms with E-state index in [1.165, 1.54) is 11.6 Å². The van der Waals surface area contributed by atoms with E-state index in [0.717, 1.165) is 30.7 Å². The Morgan fingerprint density at radius 1 is 1.30 bits per heavy atom. The van der Waals surface area contributed by atoms with Gasteiger partial charge in [0.2, 0.25) is 11.8 Å². The third-order valence-corrected chi connectivity index (χ3v) is 6.04. The van der Waals surface area contributed by atoms with Gasteiger partial charge in [-0.05, 0) is 19.3 Å². The van der Waals surface area contributed by atoms with Crippen molar-refractivity contribution in [2.75, 3.05) is 26.8 Å². The smallest absolute Gasteiger partial charge is 0.277 e. The van der Waals surface area contributed by atoms with Gasteiger partial charge in [0.15, 0.2) is 5.65 Å². The van der Waals surface area contributed by atoms with Gasteiger partial charge >= 0.3 is 0 Å². The lowest BCUT2D eigenvalue weighted by Gasteiger charge is -2.35. The number of methoxy groups -OCH3 is 1. The largest absolute Gasteiger partial charge is 0.375 e. The Kier molecular flexibility index (Phi) is 5.64. The highest BCUT2D eigenvalue weighted by molar-refractivity contribution is 5.78. The molecule has 2 aliphatic rings. The molecule has 2 aromatic rings. The molecule has 1 atom stereocenters. The van der Waals surface area contributed by atoms with Crippen LogP contribution in [0.4, 0.5) is 0 Å². The van der Waals surface area contributed by atoms with Crippen LogP contribution in [0, 0.1) is 5.92 Å². The summed E-state index contributed by atoms with van der Waals surface area (Å²) in [6.07, 6.45) is 3.37. The number of rotatable bonds is 4. The van der Waals surface area contributed by atoms with Crippen LogP contribution in [-0.2, 0) is 27.3 Å². The SMILES string of the molecule is COCC(=O)N1CCCCC1c1cc2nc3c(c(=O)n2[nH]1)CN(C(=O)C(C)C)CC3. The van der Waals surface area contributed by atoms with Crippen molar-refractivity contribution in [1.82, 2.24) is 24.4 Å². The number of carbonyl (C=O) groups excluding carboxylic acids is 2. The van der Waals surface area contributed by atoms with Gasteiger partial charge in [0.05, 0.1) is 29.5 Å². The highest BCUT2D eigenvalue weighted by Crippen LogP contribution is 2.30. The molecular weight excluding hydrogens is 386 g/mol. The number of hydrogen-bond donors (Lipinski definition) is 1. The summed E-state index contributed by atoms with van der Waals surface area (Å²) in [4.78, 5) is 46.3. The summed E-state index contributed by atoms with van der Waals surface area (Å²) in [6.45, 7) is 5.31. The molecule has 1 unspecified atom stereocenters. The van der Waals surface area contributed by atoms with Crippen LogP contribution in [0.25, 0.3) is 5.65 Å². The van der Waals surface area contributed by atoms with Crippen LogP contribution in [0.2, 0.25) is 0 Å². The lowest BCUT2D eigenvalue weighted by atomic mass is 9.99. The van der Waals surface area contributed by atoms with Gasteiger partial charge in [-0.1, -0.05) is 13.8 Å². The van der Waals surface area contributed by atoms with Crippen LogP contribution in [0.5, 0.6) is 0 Å². The van der Waals surface area contributed by atoms with Crippen molar-refractivity contribution in [3.8, 4) is 0 Å². The first-order valence-corrected chi connectivity index (χ1v) is 10.6. The Balaban J connectivity index is 1.68. The molecule has 9 heteroatoms. The van der Waals surface area contributed by atoms with Crippen molar-refractivity contribution in [3.63, 3.8) is 0 Å². The molecule has 1 N–H and O–H groups in total. The number of aromatic amines is 1. The topological polar surface area (TPSA) is 100 Å². The average molecular weight is 415 g/mol. The number of ether oxygens (including phenoxy) is 1. The summed E-state index contributed by atoms with van der Waals surface area (Å²) in [7, 11) is 1.51. The Bertz CT molecular complexity index is 1020. The van der Waals surface area contributed by atoms with E-state index in [1.54, 1.807) is 4.90 Å². The third kappa shape index (κ3) is 3.62. The van der Waals surface area contributed by atoms with E-state index < -0.39 is 0 Å². The second-order valence-electron chi connectivity index (χ2n) is 8.44. The molecule has 9 nitrogen and oxygen atoms in total. The van der Waals surface area contributed by atoms with Gasteiger partial charge in [0.25, 0.3) is 5.56 Å². The standard InChI is InChI=1S/C21H29N5O4/c1-13(2)20(28)24-9-7-15-14(11-24)21(29)26-18(22-15)10-16(23-26)17-6-4-5-8-25(17)19(27)12-30-3/h10,13,17,23H,4-9,11-12H2,1-3H3. The van der Waals surface area contributed by atoms with E-state index in [9.17, 15) is 14.4 Å². The highest BCUT2D eigenvalue weighted by Gasteiger charge is 2.31. The first-order valence-electron chi connectivity index (χ1n) is 10.6. The van der Waals surface area contributed by atoms with Gasteiger partial charge in [-0.15, -0.1) is 0 Å². The van der Waals surface area contributed by atoms with Crippen molar-refractivity contribution < 1.29 is 14.3 Å². The molecule has 1 saturated heterocycles. The quantitative estimate of drug-likeness (QED) is 0.810. The summed E-state index contributed by atoms with van der Waals surface area (Å²) in [5.74, 6) is -0.111. The molecule has 4 rings (SSSR count). The number of likely N-dealkylation sites (tertiary alicyclic amines) is 1. The summed E-state index contributed by atoms with van der Waals surface area (Å²) in [5.41, 5.74) is 2.52. The van der Waals surface area contributed by atoms with Crippen LogP contribution < -0.4 is 5.56 Å². The predicted octanol–water partition coefficient (Wildman–Crippen LogP) is 1.26. The zero-order chi connectivity index (χ0) is 21.4. The third-order valence-electron chi connectivity index (χ3n) is 6.04. The molecule has 0 radical (unpaired) electrons. The maximum Gasteiger partial charge on any atom is 0.277 e. The lowest BCUT2D eigenvalue weighted by molar-refractivity contribution is -0.139. The minimum absolute atomic E-state index is 0.0446. The fourth-order valence-corrected chi connectivity index (χ4v) is 4.48. The van der Waals surface area contributed by atoms with Crippen LogP contribution in [0.3, 0.4) is 0 Å². The summed E-state index contributed by atoms with van der Waals surface area (Å²) in [6, 6.07) is 1.75. The van der Waals surface area contributed by atoms with Gasteiger partial charge in [-0.25, -0.2) is 9.50 Å². The number of nitrogens with one attached hydrogen (secondary N) is 1. The maximum atomic E-state index is 13.2. The first kappa shape index (κ1) is 20.6. The zero-order valence-corrected chi connectivity index (χ0v) is 17.8. The van der Waals surface area contributed by atoms with Crippen molar-refractivity contribution in [1.29, 1.82) is 0 Å². The van der Waals surface area contributed by atoms with Gasteiger partial charge in [0, 0.05) is 38.6 Å². The molecule has 0 bridgehead atoms. The Morgan fingerprint density at radius 3 is 2.83 bits per heavy atom. The molecule has 0 spiro atoms.